The molecule has 142 valence electrons. The van der Waals surface area contributed by atoms with Crippen molar-refractivity contribution in [2.24, 2.45) is 4.99 Å². The van der Waals surface area contributed by atoms with E-state index in [1.54, 1.807) is 31.2 Å². The molecule has 0 amide bonds. The van der Waals surface area contributed by atoms with Crippen LogP contribution in [0.25, 0.3) is 0 Å². The first-order valence-corrected chi connectivity index (χ1v) is 8.52. The standard InChI is InChI=1S/C19H26FN3O3/c1-5-21-18(22-12-19(3,24)17-7-6-10-26-17)23-13(2)14-8-9-16(25-4)15(20)11-14/h6-11,13,24H,5,12H2,1-4H3,(H2,21,22,23). The first kappa shape index (κ1) is 19.8. The number of ether oxygens (including phenoxy) is 1. The Kier molecular flexibility index (Phi) is 6.63. The van der Waals surface area contributed by atoms with Crippen molar-refractivity contribution in [3.8, 4) is 5.75 Å². The molecule has 0 aliphatic carbocycles. The molecule has 2 rings (SSSR count). The Morgan fingerprint density at radius 1 is 1.42 bits per heavy atom. The molecule has 0 saturated carbocycles. The van der Waals surface area contributed by atoms with Crippen LogP contribution >= 0.6 is 0 Å². The van der Waals surface area contributed by atoms with Crippen LogP contribution in [0.2, 0.25) is 0 Å². The van der Waals surface area contributed by atoms with Crippen molar-refractivity contribution in [1.29, 1.82) is 0 Å². The molecule has 2 unspecified atom stereocenters. The molecule has 6 nitrogen and oxygen atoms in total. The first-order chi connectivity index (χ1) is 12.4. The second kappa shape index (κ2) is 8.71. The molecular formula is C19H26FN3O3. The van der Waals surface area contributed by atoms with E-state index in [-0.39, 0.29) is 18.3 Å². The zero-order valence-electron chi connectivity index (χ0n) is 15.5. The number of aliphatic hydroxyl groups is 1. The van der Waals surface area contributed by atoms with Crippen molar-refractivity contribution in [2.75, 3.05) is 20.2 Å². The van der Waals surface area contributed by atoms with Gasteiger partial charge in [0.05, 0.1) is 26.0 Å². The van der Waals surface area contributed by atoms with Crippen LogP contribution in [0.1, 0.15) is 38.1 Å². The summed E-state index contributed by atoms with van der Waals surface area (Å²) >= 11 is 0. The largest absolute Gasteiger partial charge is 0.494 e. The molecule has 1 aromatic heterocycles. The Hall–Kier alpha value is -2.54. The number of methoxy groups -OCH3 is 1. The fourth-order valence-corrected chi connectivity index (χ4v) is 2.46. The molecule has 0 saturated heterocycles. The summed E-state index contributed by atoms with van der Waals surface area (Å²) in [5, 5.41) is 16.8. The summed E-state index contributed by atoms with van der Waals surface area (Å²) in [5.41, 5.74) is -0.465. The lowest BCUT2D eigenvalue weighted by Gasteiger charge is -2.22. The van der Waals surface area contributed by atoms with Crippen molar-refractivity contribution < 1.29 is 18.7 Å². The molecule has 0 aliphatic heterocycles. The highest BCUT2D eigenvalue weighted by molar-refractivity contribution is 5.80. The third-order valence-corrected chi connectivity index (χ3v) is 3.97. The summed E-state index contributed by atoms with van der Waals surface area (Å²) in [6, 6.07) is 8.05. The maximum Gasteiger partial charge on any atom is 0.191 e. The Labute approximate surface area is 153 Å². The number of furan rings is 1. The fourth-order valence-electron chi connectivity index (χ4n) is 2.46. The number of nitrogens with zero attached hydrogens (tertiary/aromatic N) is 1. The molecule has 2 aromatic rings. The highest BCUT2D eigenvalue weighted by atomic mass is 19.1. The second-order valence-corrected chi connectivity index (χ2v) is 6.21. The van der Waals surface area contributed by atoms with Gasteiger partial charge in [0.25, 0.3) is 0 Å². The van der Waals surface area contributed by atoms with E-state index in [0.717, 1.165) is 5.56 Å². The van der Waals surface area contributed by atoms with E-state index < -0.39 is 11.4 Å². The Morgan fingerprint density at radius 3 is 2.77 bits per heavy atom. The van der Waals surface area contributed by atoms with Crippen LogP contribution in [0, 0.1) is 5.82 Å². The van der Waals surface area contributed by atoms with Gasteiger partial charge in [-0.3, -0.25) is 0 Å². The zero-order chi connectivity index (χ0) is 19.2. The summed E-state index contributed by atoms with van der Waals surface area (Å²) in [7, 11) is 1.43. The van der Waals surface area contributed by atoms with Gasteiger partial charge in [0.2, 0.25) is 0 Å². The molecule has 0 spiro atoms. The average molecular weight is 363 g/mol. The van der Waals surface area contributed by atoms with Gasteiger partial charge in [-0.25, -0.2) is 9.38 Å². The zero-order valence-corrected chi connectivity index (χ0v) is 15.5. The summed E-state index contributed by atoms with van der Waals surface area (Å²) in [5.74, 6) is 0.753. The van der Waals surface area contributed by atoms with Crippen molar-refractivity contribution >= 4 is 5.96 Å². The van der Waals surface area contributed by atoms with E-state index in [9.17, 15) is 9.50 Å². The monoisotopic (exact) mass is 363 g/mol. The van der Waals surface area contributed by atoms with Gasteiger partial charge in [0.15, 0.2) is 17.5 Å². The molecule has 7 heteroatoms. The lowest BCUT2D eigenvalue weighted by Crippen LogP contribution is -2.40. The molecule has 0 bridgehead atoms. The lowest BCUT2D eigenvalue weighted by molar-refractivity contribution is 0.0437. The number of hydrogen-bond acceptors (Lipinski definition) is 4. The van der Waals surface area contributed by atoms with Crippen LogP contribution in [0.5, 0.6) is 5.75 Å². The Bertz CT molecular complexity index is 730. The van der Waals surface area contributed by atoms with Crippen molar-refractivity contribution in [1.82, 2.24) is 10.6 Å². The maximum absolute atomic E-state index is 13.9. The molecule has 1 aromatic carbocycles. The van der Waals surface area contributed by atoms with Crippen molar-refractivity contribution in [3.05, 3.63) is 53.7 Å². The number of nitrogens with one attached hydrogen (secondary N) is 2. The highest BCUT2D eigenvalue weighted by Crippen LogP contribution is 2.23. The third-order valence-electron chi connectivity index (χ3n) is 3.97. The van der Waals surface area contributed by atoms with E-state index in [0.29, 0.717) is 18.3 Å². The van der Waals surface area contributed by atoms with Gasteiger partial charge in [-0.2, -0.15) is 0 Å². The minimum absolute atomic E-state index is 0.111. The molecule has 1 heterocycles. The summed E-state index contributed by atoms with van der Waals surface area (Å²) < 4.78 is 24.1. The van der Waals surface area contributed by atoms with Crippen LogP contribution in [-0.2, 0) is 5.60 Å². The molecule has 2 atom stereocenters. The van der Waals surface area contributed by atoms with Crippen molar-refractivity contribution in [2.45, 2.75) is 32.4 Å². The van der Waals surface area contributed by atoms with Gasteiger partial charge >= 0.3 is 0 Å². The highest BCUT2D eigenvalue weighted by Gasteiger charge is 2.26. The second-order valence-electron chi connectivity index (χ2n) is 6.21. The molecule has 0 fully saturated rings. The maximum atomic E-state index is 13.9. The summed E-state index contributed by atoms with van der Waals surface area (Å²) in [6.07, 6.45) is 1.51. The summed E-state index contributed by atoms with van der Waals surface area (Å²) in [6.45, 7) is 6.25. The summed E-state index contributed by atoms with van der Waals surface area (Å²) in [4.78, 5) is 4.43. The van der Waals surface area contributed by atoms with E-state index in [2.05, 4.69) is 15.6 Å². The van der Waals surface area contributed by atoms with E-state index in [1.807, 2.05) is 13.8 Å². The van der Waals surface area contributed by atoms with Gasteiger partial charge in [0.1, 0.15) is 11.4 Å². The normalized spacial score (nSPS) is 15.2. The lowest BCUT2D eigenvalue weighted by atomic mass is 10.0. The predicted molar refractivity (Wildman–Crippen MR) is 98.8 cm³/mol. The van der Waals surface area contributed by atoms with Gasteiger partial charge in [-0.1, -0.05) is 6.07 Å². The van der Waals surface area contributed by atoms with E-state index in [1.165, 1.54) is 19.4 Å². The number of hydrogen-bond donors (Lipinski definition) is 3. The SMILES string of the molecule is CCNC(=NCC(C)(O)c1ccco1)NC(C)c1ccc(OC)c(F)c1. The average Bonchev–Trinajstić information content (AvgIpc) is 3.15. The fraction of sp³-hybridized carbons (Fsp3) is 0.421. The minimum atomic E-state index is -1.22. The van der Waals surface area contributed by atoms with Crippen LogP contribution in [-0.4, -0.2) is 31.3 Å². The third kappa shape index (κ3) is 4.98. The Balaban J connectivity index is 2.10. The first-order valence-electron chi connectivity index (χ1n) is 8.52. The van der Waals surface area contributed by atoms with Crippen LogP contribution in [0.3, 0.4) is 0 Å². The number of guanidine groups is 1. The van der Waals surface area contributed by atoms with Gasteiger partial charge in [-0.15, -0.1) is 0 Å². The quantitative estimate of drug-likeness (QED) is 0.521. The van der Waals surface area contributed by atoms with Crippen LogP contribution < -0.4 is 15.4 Å². The topological polar surface area (TPSA) is 79.0 Å². The van der Waals surface area contributed by atoms with E-state index in [4.69, 9.17) is 9.15 Å². The smallest absolute Gasteiger partial charge is 0.191 e. The molecule has 3 N–H and O–H groups in total. The van der Waals surface area contributed by atoms with Crippen LogP contribution in [0.4, 0.5) is 4.39 Å². The van der Waals surface area contributed by atoms with Crippen molar-refractivity contribution in [3.63, 3.8) is 0 Å². The molecule has 0 radical (unpaired) electrons. The van der Waals surface area contributed by atoms with Gasteiger partial charge in [-0.05, 0) is 50.6 Å². The number of benzene rings is 1. The van der Waals surface area contributed by atoms with Gasteiger partial charge in [0, 0.05) is 6.54 Å². The Morgan fingerprint density at radius 2 is 2.19 bits per heavy atom. The number of halogens is 1. The number of rotatable bonds is 7. The molecule has 0 aliphatic rings. The predicted octanol–water partition coefficient (Wildman–Crippen LogP) is 2.95. The molecule has 26 heavy (non-hydrogen) atoms. The minimum Gasteiger partial charge on any atom is -0.494 e. The number of aliphatic imine (C=N–C) groups is 1. The van der Waals surface area contributed by atoms with Gasteiger partial charge < -0.3 is 24.9 Å². The van der Waals surface area contributed by atoms with Crippen LogP contribution in [0.15, 0.2) is 46.0 Å². The molecular weight excluding hydrogens is 337 g/mol. The van der Waals surface area contributed by atoms with E-state index >= 15 is 0 Å².